The average molecular weight is 182 g/mol. The fraction of sp³-hybridized carbons (Fsp3) is 0.444. The molecule has 4 heteroatoms. The summed E-state index contributed by atoms with van der Waals surface area (Å²) in [5.74, 6) is -1.24. The Hall–Kier alpha value is -1.29. The smallest absolute Gasteiger partial charge is 0.0880 e. The zero-order chi connectivity index (χ0) is 10.2. The molecule has 0 aliphatic rings. The predicted octanol–water partition coefficient (Wildman–Crippen LogP) is 0.0483. The Morgan fingerprint density at radius 2 is 2.08 bits per heavy atom. The van der Waals surface area contributed by atoms with Crippen LogP contribution in [0.15, 0.2) is 0 Å². The van der Waals surface area contributed by atoms with Crippen molar-refractivity contribution in [2.75, 3.05) is 0 Å². The van der Waals surface area contributed by atoms with Gasteiger partial charge in [0.2, 0.25) is 0 Å². The summed E-state index contributed by atoms with van der Waals surface area (Å²) in [5, 5.41) is 19.9. The van der Waals surface area contributed by atoms with E-state index >= 15 is 0 Å². The van der Waals surface area contributed by atoms with Crippen molar-refractivity contribution in [1.82, 2.24) is 4.98 Å². The van der Waals surface area contributed by atoms with E-state index in [0.29, 0.717) is 16.8 Å². The van der Waals surface area contributed by atoms with Crippen molar-refractivity contribution in [3.8, 4) is 0 Å². The van der Waals surface area contributed by atoms with Crippen molar-refractivity contribution < 1.29 is 15.0 Å². The summed E-state index contributed by atoms with van der Waals surface area (Å²) in [4.78, 5) is 13.3. The lowest BCUT2D eigenvalue weighted by Crippen LogP contribution is -2.23. The number of nitrogens with one attached hydrogen (secondary N) is 1. The zero-order valence-corrected chi connectivity index (χ0v) is 7.84. The van der Waals surface area contributed by atoms with Crippen LogP contribution in [0, 0.1) is 13.8 Å². The Kier molecular flexibility index (Phi) is 2.43. The minimum Gasteiger partial charge on any atom is -0.543 e. The largest absolute Gasteiger partial charge is 0.543 e. The second-order valence-corrected chi connectivity index (χ2v) is 3.13. The first-order chi connectivity index (χ1) is 5.95. The van der Waals surface area contributed by atoms with Crippen LogP contribution in [0.25, 0.3) is 0 Å². The molecule has 1 atom stereocenters. The van der Waals surface area contributed by atoms with Crippen molar-refractivity contribution in [3.05, 3.63) is 22.5 Å². The van der Waals surface area contributed by atoms with E-state index < -0.39 is 12.1 Å². The maximum Gasteiger partial charge on any atom is 0.0880 e. The first-order valence-electron chi connectivity index (χ1n) is 4.03. The normalized spacial score (nSPS) is 12.9. The highest BCUT2D eigenvalue weighted by atomic mass is 16.4. The predicted molar refractivity (Wildman–Crippen MR) is 45.2 cm³/mol. The second-order valence-electron chi connectivity index (χ2n) is 3.13. The lowest BCUT2D eigenvalue weighted by molar-refractivity contribution is -0.255. The molecule has 0 aromatic carbocycles. The second kappa shape index (κ2) is 3.22. The summed E-state index contributed by atoms with van der Waals surface area (Å²) >= 11 is 0. The molecular formula is C9H12NO3-. The molecule has 4 nitrogen and oxygen atoms in total. The summed E-state index contributed by atoms with van der Waals surface area (Å²) in [6, 6.07) is 0. The number of rotatable bonds is 2. The van der Waals surface area contributed by atoms with Crippen LogP contribution in [-0.4, -0.2) is 16.1 Å². The van der Waals surface area contributed by atoms with Gasteiger partial charge in [-0.3, -0.25) is 0 Å². The molecule has 13 heavy (non-hydrogen) atoms. The van der Waals surface area contributed by atoms with Gasteiger partial charge in [-0.25, -0.2) is 0 Å². The molecule has 1 aromatic rings. The van der Waals surface area contributed by atoms with Gasteiger partial charge in [-0.15, -0.1) is 0 Å². The maximum atomic E-state index is 10.6. The number of aromatic amines is 1. The highest BCUT2D eigenvalue weighted by Gasteiger charge is 2.15. The zero-order valence-electron chi connectivity index (χ0n) is 7.84. The number of hydrogen-bond donors (Lipinski definition) is 2. The van der Waals surface area contributed by atoms with Gasteiger partial charge in [0.15, 0.2) is 0 Å². The molecule has 2 N–H and O–H groups in total. The Bertz CT molecular complexity index is 339. The number of aliphatic hydroxyl groups excluding tert-OH is 1. The van der Waals surface area contributed by atoms with E-state index in [0.717, 1.165) is 0 Å². The van der Waals surface area contributed by atoms with Gasteiger partial charge in [0.25, 0.3) is 0 Å². The van der Waals surface area contributed by atoms with E-state index in [1.54, 1.807) is 20.8 Å². The van der Waals surface area contributed by atoms with E-state index in [-0.39, 0.29) is 5.69 Å². The highest BCUT2D eigenvalue weighted by Crippen LogP contribution is 2.23. The van der Waals surface area contributed by atoms with Crippen molar-refractivity contribution in [3.63, 3.8) is 0 Å². The molecule has 0 fully saturated rings. The Labute approximate surface area is 76.2 Å². The number of aliphatic hydroxyl groups is 1. The summed E-state index contributed by atoms with van der Waals surface area (Å²) in [6.45, 7) is 4.97. The third kappa shape index (κ3) is 1.58. The van der Waals surface area contributed by atoms with E-state index in [4.69, 9.17) is 0 Å². The standard InChI is InChI=1S/C9H13NO3/c1-4-7(6(3)11)5(2)10-8(4)9(12)13/h6,10-11H,1-3H3,(H,12,13)/p-1/t6-/m1/s1. The number of carbonyl (C=O) groups is 1. The molecule has 1 aromatic heterocycles. The molecule has 72 valence electrons. The Morgan fingerprint density at radius 3 is 2.31 bits per heavy atom. The van der Waals surface area contributed by atoms with Crippen LogP contribution in [0.2, 0.25) is 0 Å². The van der Waals surface area contributed by atoms with Gasteiger partial charge in [-0.2, -0.15) is 0 Å². The molecule has 0 spiro atoms. The van der Waals surface area contributed by atoms with Gasteiger partial charge >= 0.3 is 0 Å². The molecule has 0 saturated carbocycles. The summed E-state index contributed by atoms with van der Waals surface area (Å²) < 4.78 is 0. The van der Waals surface area contributed by atoms with Crippen molar-refractivity contribution in [1.29, 1.82) is 0 Å². The van der Waals surface area contributed by atoms with E-state index in [1.165, 1.54) is 0 Å². The minimum atomic E-state index is -1.24. The fourth-order valence-corrected chi connectivity index (χ4v) is 1.60. The third-order valence-electron chi connectivity index (χ3n) is 2.12. The summed E-state index contributed by atoms with van der Waals surface area (Å²) in [6.07, 6.45) is -0.663. The number of aromatic nitrogens is 1. The van der Waals surface area contributed by atoms with Gasteiger partial charge in [0.05, 0.1) is 17.8 Å². The Morgan fingerprint density at radius 1 is 1.54 bits per heavy atom. The number of carbonyl (C=O) groups excluding carboxylic acids is 1. The third-order valence-corrected chi connectivity index (χ3v) is 2.12. The molecule has 0 aliphatic heterocycles. The van der Waals surface area contributed by atoms with Gasteiger partial charge < -0.3 is 20.0 Å². The lowest BCUT2D eigenvalue weighted by Gasteiger charge is -2.05. The molecule has 0 saturated heterocycles. The van der Waals surface area contributed by atoms with Crippen molar-refractivity contribution >= 4 is 5.97 Å². The summed E-state index contributed by atoms with van der Waals surface area (Å²) in [5.41, 5.74) is 1.91. The van der Waals surface area contributed by atoms with Crippen LogP contribution >= 0.6 is 0 Å². The monoisotopic (exact) mass is 182 g/mol. The van der Waals surface area contributed by atoms with Crippen LogP contribution in [0.3, 0.4) is 0 Å². The van der Waals surface area contributed by atoms with E-state index in [2.05, 4.69) is 4.98 Å². The minimum absolute atomic E-state index is 0.0494. The number of aromatic carboxylic acids is 1. The first-order valence-corrected chi connectivity index (χ1v) is 4.03. The SMILES string of the molecule is Cc1[nH]c(C(=O)[O-])c(C)c1[C@@H](C)O. The number of H-pyrrole nitrogens is 1. The van der Waals surface area contributed by atoms with Crippen molar-refractivity contribution in [2.45, 2.75) is 26.9 Å². The molecule has 0 aliphatic carbocycles. The van der Waals surface area contributed by atoms with Gasteiger partial charge in [0.1, 0.15) is 0 Å². The molecule has 0 amide bonds. The van der Waals surface area contributed by atoms with E-state index in [9.17, 15) is 15.0 Å². The molecule has 1 rings (SSSR count). The Balaban J connectivity index is 3.30. The number of aryl methyl sites for hydroxylation is 1. The van der Waals surface area contributed by atoms with Crippen LogP contribution in [0.4, 0.5) is 0 Å². The van der Waals surface area contributed by atoms with Crippen LogP contribution in [0.5, 0.6) is 0 Å². The molecule has 0 unspecified atom stereocenters. The quantitative estimate of drug-likeness (QED) is 0.678. The molecule has 0 radical (unpaired) electrons. The van der Waals surface area contributed by atoms with E-state index in [1.807, 2.05) is 0 Å². The van der Waals surface area contributed by atoms with Gasteiger partial charge in [0, 0.05) is 11.3 Å². The first kappa shape index (κ1) is 9.80. The van der Waals surface area contributed by atoms with Crippen molar-refractivity contribution in [2.24, 2.45) is 0 Å². The molecule has 0 bridgehead atoms. The highest BCUT2D eigenvalue weighted by molar-refractivity contribution is 5.86. The van der Waals surface area contributed by atoms with Crippen LogP contribution in [-0.2, 0) is 0 Å². The number of hydrogen-bond acceptors (Lipinski definition) is 3. The van der Waals surface area contributed by atoms with Crippen LogP contribution in [0.1, 0.15) is 40.3 Å². The summed E-state index contributed by atoms with van der Waals surface area (Å²) in [7, 11) is 0. The van der Waals surface area contributed by atoms with Gasteiger partial charge in [-0.1, -0.05) is 0 Å². The lowest BCUT2D eigenvalue weighted by atomic mass is 10.1. The molecule has 1 heterocycles. The number of carboxylic acids is 1. The number of carboxylic acid groups (broad SMARTS) is 1. The topological polar surface area (TPSA) is 76.2 Å². The average Bonchev–Trinajstić information content (AvgIpc) is 2.26. The fourth-order valence-electron chi connectivity index (χ4n) is 1.60. The molecular weight excluding hydrogens is 170 g/mol. The van der Waals surface area contributed by atoms with Crippen LogP contribution < -0.4 is 5.11 Å². The van der Waals surface area contributed by atoms with Gasteiger partial charge in [-0.05, 0) is 26.3 Å². The maximum absolute atomic E-state index is 10.6.